The lowest BCUT2D eigenvalue weighted by atomic mass is 10.1. The predicted octanol–water partition coefficient (Wildman–Crippen LogP) is 2.77. The largest absolute Gasteiger partial charge is 0.359 e. The van der Waals surface area contributed by atoms with E-state index in [-0.39, 0.29) is 5.91 Å². The molecule has 4 N–H and O–H groups in total. The third-order valence-corrected chi connectivity index (χ3v) is 3.95. The molecule has 0 fully saturated rings. The molecule has 0 aliphatic rings. The predicted molar refractivity (Wildman–Crippen MR) is 92.8 cm³/mol. The Hall–Kier alpha value is -2.14. The van der Waals surface area contributed by atoms with Gasteiger partial charge in [0.25, 0.3) is 0 Å². The summed E-state index contributed by atoms with van der Waals surface area (Å²) in [5.41, 5.74) is 8.96. The molecule has 1 heterocycles. The maximum atomic E-state index is 11.1. The van der Waals surface area contributed by atoms with Gasteiger partial charge in [0.05, 0.1) is 11.9 Å². The molecule has 0 spiro atoms. The third kappa shape index (κ3) is 5.53. The zero-order chi connectivity index (χ0) is 16.5. The van der Waals surface area contributed by atoms with E-state index >= 15 is 0 Å². The van der Waals surface area contributed by atoms with Crippen LogP contribution >= 0.6 is 0 Å². The van der Waals surface area contributed by atoms with E-state index in [1.807, 2.05) is 18.3 Å². The number of nitrogens with one attached hydrogen (secondary N) is 2. The van der Waals surface area contributed by atoms with Gasteiger partial charge in [-0.2, -0.15) is 0 Å². The highest BCUT2D eigenvalue weighted by molar-refractivity contribution is 5.75. The lowest BCUT2D eigenvalue weighted by Gasteiger charge is -2.02. The number of aryl methyl sites for hydroxylation is 1. The number of amides is 1. The molecule has 0 aliphatic heterocycles. The van der Waals surface area contributed by atoms with E-state index in [1.165, 1.54) is 0 Å². The zero-order valence-electron chi connectivity index (χ0n) is 13.8. The number of nitrogens with zero attached hydrogens (tertiary/aromatic N) is 1. The van der Waals surface area contributed by atoms with Gasteiger partial charge in [-0.3, -0.25) is 4.79 Å². The maximum absolute atomic E-state index is 11.1. The molecule has 0 aliphatic carbocycles. The summed E-state index contributed by atoms with van der Waals surface area (Å²) in [6.07, 6.45) is 7.69. The number of benzene rings is 1. The Morgan fingerprint density at radius 2 is 2.09 bits per heavy atom. The lowest BCUT2D eigenvalue weighted by molar-refractivity contribution is -0.120. The van der Waals surface area contributed by atoms with Crippen molar-refractivity contribution in [3.63, 3.8) is 0 Å². The van der Waals surface area contributed by atoms with E-state index in [0.717, 1.165) is 54.7 Å². The summed E-state index contributed by atoms with van der Waals surface area (Å²) in [5.74, 6) is 1.14. The van der Waals surface area contributed by atoms with Crippen molar-refractivity contribution in [3.05, 3.63) is 41.9 Å². The summed E-state index contributed by atoms with van der Waals surface area (Å²) in [7, 11) is 1.68. The molecule has 1 amide bonds. The van der Waals surface area contributed by atoms with Crippen LogP contribution in [0.4, 0.5) is 0 Å². The Labute approximate surface area is 137 Å². The van der Waals surface area contributed by atoms with Crippen LogP contribution in [0, 0.1) is 0 Å². The molecule has 5 nitrogen and oxygen atoms in total. The summed E-state index contributed by atoms with van der Waals surface area (Å²) in [6.45, 7) is 0.547. The Balaban J connectivity index is 1.75. The van der Waals surface area contributed by atoms with Crippen molar-refractivity contribution in [3.8, 4) is 11.3 Å². The van der Waals surface area contributed by atoms with Gasteiger partial charge >= 0.3 is 0 Å². The number of aromatic amines is 1. The van der Waals surface area contributed by atoms with Crippen LogP contribution in [0.2, 0.25) is 0 Å². The van der Waals surface area contributed by atoms with Crippen LogP contribution in [0.3, 0.4) is 0 Å². The summed E-state index contributed by atoms with van der Waals surface area (Å²) >= 11 is 0. The molecule has 5 heteroatoms. The molecule has 0 atom stereocenters. The van der Waals surface area contributed by atoms with Gasteiger partial charge in [0, 0.05) is 26.4 Å². The Bertz CT molecular complexity index is 621. The van der Waals surface area contributed by atoms with Crippen LogP contribution in [-0.2, 0) is 17.8 Å². The third-order valence-electron chi connectivity index (χ3n) is 3.95. The monoisotopic (exact) mass is 314 g/mol. The topological polar surface area (TPSA) is 83.8 Å². The van der Waals surface area contributed by atoms with Crippen molar-refractivity contribution in [1.29, 1.82) is 0 Å². The highest BCUT2D eigenvalue weighted by atomic mass is 16.1. The van der Waals surface area contributed by atoms with Crippen LogP contribution in [-0.4, -0.2) is 22.9 Å². The van der Waals surface area contributed by atoms with E-state index in [0.29, 0.717) is 13.0 Å². The highest BCUT2D eigenvalue weighted by Crippen LogP contribution is 2.19. The van der Waals surface area contributed by atoms with Crippen LogP contribution in [0.1, 0.15) is 43.5 Å². The second-order valence-electron chi connectivity index (χ2n) is 5.74. The summed E-state index contributed by atoms with van der Waals surface area (Å²) in [4.78, 5) is 19.0. The minimum absolute atomic E-state index is 0.125. The van der Waals surface area contributed by atoms with Gasteiger partial charge in [0.2, 0.25) is 5.91 Å². The van der Waals surface area contributed by atoms with E-state index in [1.54, 1.807) is 7.05 Å². The second-order valence-corrected chi connectivity index (χ2v) is 5.74. The Kier molecular flexibility index (Phi) is 6.81. The molecule has 124 valence electrons. The number of hydrogen-bond acceptors (Lipinski definition) is 3. The molecule has 2 rings (SSSR count). The highest BCUT2D eigenvalue weighted by Gasteiger charge is 2.04. The normalized spacial score (nSPS) is 10.7. The fraction of sp³-hybridized carbons (Fsp3) is 0.444. The zero-order valence-corrected chi connectivity index (χ0v) is 13.8. The van der Waals surface area contributed by atoms with E-state index in [9.17, 15) is 4.79 Å². The average molecular weight is 314 g/mol. The fourth-order valence-corrected chi connectivity index (χ4v) is 2.56. The molecule has 1 aromatic carbocycles. The van der Waals surface area contributed by atoms with E-state index in [2.05, 4.69) is 27.4 Å². The number of carbonyl (C=O) groups excluding carboxylic acids is 1. The molecule has 1 aromatic heterocycles. The number of nitrogens with two attached hydrogens (primary N) is 1. The first kappa shape index (κ1) is 17.2. The molecule has 0 saturated carbocycles. The number of rotatable bonds is 9. The SMILES string of the molecule is CNC(=O)CCCCCCc1ncc(-c2cccc(CN)c2)[nH]1. The van der Waals surface area contributed by atoms with Crippen LogP contribution < -0.4 is 11.1 Å². The summed E-state index contributed by atoms with van der Waals surface area (Å²) in [6, 6.07) is 8.20. The molecule has 2 aromatic rings. The minimum atomic E-state index is 0.125. The molecule has 23 heavy (non-hydrogen) atoms. The van der Waals surface area contributed by atoms with E-state index in [4.69, 9.17) is 5.73 Å². The quantitative estimate of drug-likeness (QED) is 0.622. The first-order chi connectivity index (χ1) is 11.2. The van der Waals surface area contributed by atoms with Crippen molar-refractivity contribution in [2.45, 2.75) is 45.1 Å². The summed E-state index contributed by atoms with van der Waals surface area (Å²) < 4.78 is 0. The number of H-pyrrole nitrogens is 1. The van der Waals surface area contributed by atoms with Gasteiger partial charge in [0.15, 0.2) is 0 Å². The van der Waals surface area contributed by atoms with Crippen molar-refractivity contribution in [1.82, 2.24) is 15.3 Å². The van der Waals surface area contributed by atoms with Crippen LogP contribution in [0.15, 0.2) is 30.5 Å². The lowest BCUT2D eigenvalue weighted by Crippen LogP contribution is -2.16. The summed E-state index contributed by atoms with van der Waals surface area (Å²) in [5, 5.41) is 2.65. The van der Waals surface area contributed by atoms with E-state index < -0.39 is 0 Å². The molecule has 0 unspecified atom stereocenters. The van der Waals surface area contributed by atoms with Gasteiger partial charge < -0.3 is 16.0 Å². The smallest absolute Gasteiger partial charge is 0.219 e. The minimum Gasteiger partial charge on any atom is -0.359 e. The number of imidazole rings is 1. The van der Waals surface area contributed by atoms with Gasteiger partial charge in [0.1, 0.15) is 5.82 Å². The number of carbonyl (C=O) groups is 1. The number of unbranched alkanes of at least 4 members (excludes halogenated alkanes) is 3. The van der Waals surface area contributed by atoms with Crippen molar-refractivity contribution in [2.75, 3.05) is 7.05 Å². The molecule has 0 bridgehead atoms. The number of hydrogen-bond donors (Lipinski definition) is 3. The molecule has 0 saturated heterocycles. The van der Waals surface area contributed by atoms with Crippen LogP contribution in [0.25, 0.3) is 11.3 Å². The van der Waals surface area contributed by atoms with Crippen molar-refractivity contribution >= 4 is 5.91 Å². The van der Waals surface area contributed by atoms with Crippen molar-refractivity contribution in [2.24, 2.45) is 5.73 Å². The van der Waals surface area contributed by atoms with Gasteiger partial charge in [-0.15, -0.1) is 0 Å². The van der Waals surface area contributed by atoms with Gasteiger partial charge in [-0.05, 0) is 30.0 Å². The molecular formula is C18H26N4O. The van der Waals surface area contributed by atoms with Gasteiger partial charge in [-0.1, -0.05) is 31.0 Å². The second kappa shape index (κ2) is 9.10. The van der Waals surface area contributed by atoms with Crippen LogP contribution in [0.5, 0.6) is 0 Å². The Morgan fingerprint density at radius 3 is 2.87 bits per heavy atom. The fourth-order valence-electron chi connectivity index (χ4n) is 2.56. The van der Waals surface area contributed by atoms with Crippen molar-refractivity contribution < 1.29 is 4.79 Å². The van der Waals surface area contributed by atoms with Gasteiger partial charge in [-0.25, -0.2) is 4.98 Å². The number of aromatic nitrogens is 2. The molecule has 0 radical (unpaired) electrons. The first-order valence-corrected chi connectivity index (χ1v) is 8.26. The standard InChI is InChI=1S/C18H26N4O/c1-20-18(23)10-5-3-2-4-9-17-21-13-16(22-17)15-8-6-7-14(11-15)12-19/h6-8,11,13H,2-5,9-10,12,19H2,1H3,(H,20,23)(H,21,22). The Morgan fingerprint density at radius 1 is 1.26 bits per heavy atom. The first-order valence-electron chi connectivity index (χ1n) is 8.26. The average Bonchev–Trinajstić information content (AvgIpc) is 3.06. The molecular weight excluding hydrogens is 288 g/mol. The maximum Gasteiger partial charge on any atom is 0.219 e.